The molecule has 2 heterocycles. The summed E-state index contributed by atoms with van der Waals surface area (Å²) in [5, 5.41) is 8.15. The normalized spacial score (nSPS) is 12.5. The molecule has 1 aliphatic rings. The van der Waals surface area contributed by atoms with Crippen molar-refractivity contribution < 1.29 is 9.59 Å². The predicted molar refractivity (Wildman–Crippen MR) is 122 cm³/mol. The molecule has 6 nitrogen and oxygen atoms in total. The number of rotatable bonds is 5. The second kappa shape index (κ2) is 7.85. The number of nitrogens with two attached hydrogens (primary N) is 1. The van der Waals surface area contributed by atoms with E-state index in [-0.39, 0.29) is 5.91 Å². The number of thiophene rings is 1. The maximum Gasteiger partial charge on any atom is 0.260 e. The van der Waals surface area contributed by atoms with E-state index in [1.54, 1.807) is 10.9 Å². The largest absolute Gasteiger partial charge is 0.365 e. The van der Waals surface area contributed by atoms with E-state index in [4.69, 9.17) is 5.73 Å². The quantitative estimate of drug-likeness (QED) is 0.492. The molecule has 2 amide bonds. The Morgan fingerprint density at radius 2 is 1.71 bits per heavy atom. The maximum atomic E-state index is 13.3. The van der Waals surface area contributed by atoms with Crippen LogP contribution in [0.15, 0.2) is 66.9 Å². The molecule has 5 rings (SSSR count). The van der Waals surface area contributed by atoms with Crippen molar-refractivity contribution in [3.63, 3.8) is 0 Å². The number of carbonyl (C=O) groups is 2. The van der Waals surface area contributed by atoms with Gasteiger partial charge in [0.15, 0.2) is 0 Å². The summed E-state index contributed by atoms with van der Waals surface area (Å²) in [6.07, 6.45) is 4.47. The van der Waals surface area contributed by atoms with Gasteiger partial charge in [0.05, 0.1) is 16.8 Å². The molecule has 31 heavy (non-hydrogen) atoms. The van der Waals surface area contributed by atoms with Crippen molar-refractivity contribution in [1.29, 1.82) is 0 Å². The van der Waals surface area contributed by atoms with Gasteiger partial charge in [-0.1, -0.05) is 48.5 Å². The number of nitrogens with zero attached hydrogens (tertiary/aromatic N) is 2. The molecule has 2 aromatic heterocycles. The third-order valence-electron chi connectivity index (χ3n) is 5.42. The third-order valence-corrected chi connectivity index (χ3v) is 6.63. The van der Waals surface area contributed by atoms with E-state index in [9.17, 15) is 9.59 Å². The summed E-state index contributed by atoms with van der Waals surface area (Å²) in [6.45, 7) is 0. The zero-order valence-electron chi connectivity index (χ0n) is 16.7. The number of hydrogen-bond donors (Lipinski definition) is 2. The van der Waals surface area contributed by atoms with Gasteiger partial charge in [-0.3, -0.25) is 9.59 Å². The van der Waals surface area contributed by atoms with Crippen LogP contribution in [0.25, 0.3) is 16.9 Å². The van der Waals surface area contributed by atoms with Crippen LogP contribution in [0.4, 0.5) is 5.00 Å². The van der Waals surface area contributed by atoms with Crippen molar-refractivity contribution in [2.75, 3.05) is 5.32 Å². The molecule has 0 saturated carbocycles. The lowest BCUT2D eigenvalue weighted by atomic mass is 10.1. The summed E-state index contributed by atoms with van der Waals surface area (Å²) in [7, 11) is 0. The van der Waals surface area contributed by atoms with Crippen molar-refractivity contribution in [2.45, 2.75) is 19.3 Å². The van der Waals surface area contributed by atoms with E-state index in [1.165, 1.54) is 11.3 Å². The molecule has 3 N–H and O–H groups in total. The SMILES string of the molecule is NC(=O)c1c(NC(=O)c2cn(-c3ccccc3)nc2-c2ccccc2)sc2c1CCC2. The Labute approximate surface area is 183 Å². The van der Waals surface area contributed by atoms with Crippen molar-refractivity contribution in [3.8, 4) is 16.9 Å². The summed E-state index contributed by atoms with van der Waals surface area (Å²) >= 11 is 1.44. The number of primary amides is 1. The van der Waals surface area contributed by atoms with Crippen LogP contribution < -0.4 is 11.1 Å². The highest BCUT2D eigenvalue weighted by molar-refractivity contribution is 7.17. The van der Waals surface area contributed by atoms with E-state index in [0.29, 0.717) is 21.8 Å². The fourth-order valence-corrected chi connectivity index (χ4v) is 5.28. The molecule has 0 saturated heterocycles. The first-order chi connectivity index (χ1) is 15.1. The van der Waals surface area contributed by atoms with Gasteiger partial charge in [-0.15, -0.1) is 11.3 Å². The molecule has 0 spiro atoms. The van der Waals surface area contributed by atoms with Gasteiger partial charge in [0.25, 0.3) is 11.8 Å². The number of aromatic nitrogens is 2. The molecule has 1 aliphatic carbocycles. The molecule has 0 fully saturated rings. The van der Waals surface area contributed by atoms with Crippen LogP contribution in [0.3, 0.4) is 0 Å². The first-order valence-electron chi connectivity index (χ1n) is 10.1. The second-order valence-electron chi connectivity index (χ2n) is 7.42. The van der Waals surface area contributed by atoms with Crippen molar-refractivity contribution >= 4 is 28.2 Å². The first-order valence-corrected chi connectivity index (χ1v) is 10.9. The van der Waals surface area contributed by atoms with Crippen molar-refractivity contribution in [2.24, 2.45) is 5.73 Å². The van der Waals surface area contributed by atoms with E-state index in [2.05, 4.69) is 10.4 Å². The zero-order valence-corrected chi connectivity index (χ0v) is 17.5. The number of carbonyl (C=O) groups excluding carboxylic acids is 2. The van der Waals surface area contributed by atoms with E-state index < -0.39 is 5.91 Å². The fourth-order valence-electron chi connectivity index (χ4n) is 3.99. The Kier molecular flexibility index (Phi) is 4.88. The van der Waals surface area contributed by atoms with Gasteiger partial charge >= 0.3 is 0 Å². The molecule has 154 valence electrons. The molecule has 7 heteroatoms. The third kappa shape index (κ3) is 3.53. The number of anilines is 1. The molecular formula is C24H20N4O2S. The molecule has 4 aromatic rings. The summed E-state index contributed by atoms with van der Waals surface area (Å²) in [6, 6.07) is 19.2. The van der Waals surface area contributed by atoms with Crippen LogP contribution in [0, 0.1) is 0 Å². The van der Waals surface area contributed by atoms with Gasteiger partial charge in [0.1, 0.15) is 10.7 Å². The van der Waals surface area contributed by atoms with Crippen LogP contribution in [0.2, 0.25) is 0 Å². The zero-order chi connectivity index (χ0) is 21.4. The molecule has 0 bridgehead atoms. The highest BCUT2D eigenvalue weighted by Gasteiger charge is 2.27. The average molecular weight is 429 g/mol. The Morgan fingerprint density at radius 3 is 2.42 bits per heavy atom. The fraction of sp³-hybridized carbons (Fsp3) is 0.125. The monoisotopic (exact) mass is 428 g/mol. The second-order valence-corrected chi connectivity index (χ2v) is 8.52. The standard InChI is InChI=1S/C24H20N4O2S/c25-22(29)20-17-12-7-13-19(17)31-24(20)26-23(30)18-14-28(16-10-5-2-6-11-16)27-21(18)15-8-3-1-4-9-15/h1-6,8-11,14H,7,12-13H2,(H2,25,29)(H,26,30). The molecular weight excluding hydrogens is 408 g/mol. The van der Waals surface area contributed by atoms with Crippen molar-refractivity contribution in [1.82, 2.24) is 9.78 Å². The van der Waals surface area contributed by atoms with E-state index >= 15 is 0 Å². The van der Waals surface area contributed by atoms with E-state index in [0.717, 1.165) is 41.0 Å². The van der Waals surface area contributed by atoms with Gasteiger partial charge in [-0.05, 0) is 37.0 Å². The maximum absolute atomic E-state index is 13.3. The summed E-state index contributed by atoms with van der Waals surface area (Å²) < 4.78 is 1.70. The minimum Gasteiger partial charge on any atom is -0.365 e. The van der Waals surface area contributed by atoms with E-state index in [1.807, 2.05) is 60.7 Å². The van der Waals surface area contributed by atoms with Gasteiger partial charge < -0.3 is 11.1 Å². The summed E-state index contributed by atoms with van der Waals surface area (Å²) in [5.74, 6) is -0.818. The topological polar surface area (TPSA) is 90.0 Å². The number of nitrogens with one attached hydrogen (secondary N) is 1. The molecule has 2 aromatic carbocycles. The summed E-state index contributed by atoms with van der Waals surface area (Å²) in [5.41, 5.74) is 9.77. The highest BCUT2D eigenvalue weighted by atomic mass is 32.1. The molecule has 0 radical (unpaired) electrons. The first kappa shape index (κ1) is 19.3. The van der Waals surface area contributed by atoms with Crippen LogP contribution in [0.1, 0.15) is 37.6 Å². The molecule has 0 aliphatic heterocycles. The minimum absolute atomic E-state index is 0.316. The number of aryl methyl sites for hydroxylation is 1. The minimum atomic E-state index is -0.502. The lowest BCUT2D eigenvalue weighted by Gasteiger charge is -2.06. The van der Waals surface area contributed by atoms with Crippen molar-refractivity contribution in [3.05, 3.63) is 88.4 Å². The average Bonchev–Trinajstić information content (AvgIpc) is 3.49. The Morgan fingerprint density at radius 1 is 1.00 bits per heavy atom. The summed E-state index contributed by atoms with van der Waals surface area (Å²) in [4.78, 5) is 26.6. The Hall–Kier alpha value is -3.71. The Balaban J connectivity index is 1.56. The van der Waals surface area contributed by atoms with Crippen LogP contribution >= 0.6 is 11.3 Å². The predicted octanol–water partition coefficient (Wildman–Crippen LogP) is 4.44. The lowest BCUT2D eigenvalue weighted by Crippen LogP contribution is -2.18. The van der Waals surface area contributed by atoms with Gasteiger partial charge in [0, 0.05) is 16.6 Å². The van der Waals surface area contributed by atoms with Crippen LogP contribution in [0.5, 0.6) is 0 Å². The highest BCUT2D eigenvalue weighted by Crippen LogP contribution is 2.39. The number of amides is 2. The van der Waals surface area contributed by atoms with Gasteiger partial charge in [0.2, 0.25) is 0 Å². The number of hydrogen-bond acceptors (Lipinski definition) is 4. The number of benzene rings is 2. The molecule has 0 unspecified atom stereocenters. The van der Waals surface area contributed by atoms with Crippen LogP contribution in [-0.2, 0) is 12.8 Å². The number of para-hydroxylation sites is 1. The Bertz CT molecular complexity index is 1280. The number of fused-ring (bicyclic) bond motifs is 1. The lowest BCUT2D eigenvalue weighted by molar-refractivity contribution is 0.100. The van der Waals surface area contributed by atoms with Gasteiger partial charge in [-0.25, -0.2) is 4.68 Å². The molecule has 0 atom stereocenters. The van der Waals surface area contributed by atoms with Gasteiger partial charge in [-0.2, -0.15) is 5.10 Å². The van der Waals surface area contributed by atoms with Crippen LogP contribution in [-0.4, -0.2) is 21.6 Å². The smallest absolute Gasteiger partial charge is 0.260 e.